The van der Waals surface area contributed by atoms with E-state index in [2.05, 4.69) is 144 Å². The second kappa shape index (κ2) is 7.99. The van der Waals surface area contributed by atoms with Gasteiger partial charge in [0.1, 0.15) is 0 Å². The Bertz CT molecular complexity index is 1510. The SMILES string of the molecule is Cc1ccc2c(c1)c1cc(N(c3ccccc3)c3ccccc3)ccc1n2-c1ccccc1. The standard InChI is InChI=1S/C31H24N2/c1-23-17-19-30-28(21-23)29-22-27(18-20-31(29)33(30)26-15-9-4-10-16-26)32(24-11-5-2-6-12-24)25-13-7-3-8-14-25/h2-22H,1H3. The predicted molar refractivity (Wildman–Crippen MR) is 140 cm³/mol. The number of para-hydroxylation sites is 3. The molecule has 1 heterocycles. The molecule has 0 amide bonds. The van der Waals surface area contributed by atoms with Gasteiger partial charge in [0, 0.05) is 33.5 Å². The Hall–Kier alpha value is -4.30. The van der Waals surface area contributed by atoms with Gasteiger partial charge < -0.3 is 9.47 Å². The molecule has 0 saturated heterocycles. The molecule has 0 bridgehead atoms. The van der Waals surface area contributed by atoms with Gasteiger partial charge in [0.05, 0.1) is 11.0 Å². The first-order valence-electron chi connectivity index (χ1n) is 11.3. The van der Waals surface area contributed by atoms with Crippen LogP contribution >= 0.6 is 0 Å². The minimum absolute atomic E-state index is 1.14. The summed E-state index contributed by atoms with van der Waals surface area (Å²) < 4.78 is 2.36. The third-order valence-electron chi connectivity index (χ3n) is 6.21. The molecule has 5 aromatic carbocycles. The molecule has 2 heteroatoms. The number of anilines is 3. The third kappa shape index (κ3) is 3.37. The number of hydrogen-bond donors (Lipinski definition) is 0. The molecule has 0 aliphatic heterocycles. The first-order valence-corrected chi connectivity index (χ1v) is 11.3. The highest BCUT2D eigenvalue weighted by Crippen LogP contribution is 2.39. The fourth-order valence-electron chi connectivity index (χ4n) is 4.72. The molecule has 0 aliphatic carbocycles. The zero-order valence-electron chi connectivity index (χ0n) is 18.5. The number of fused-ring (bicyclic) bond motifs is 3. The van der Waals surface area contributed by atoms with Crippen LogP contribution in [0.15, 0.2) is 127 Å². The Balaban J connectivity index is 1.64. The molecule has 33 heavy (non-hydrogen) atoms. The predicted octanol–water partition coefficient (Wildman–Crippen LogP) is 8.56. The number of hydrogen-bond acceptors (Lipinski definition) is 1. The number of aryl methyl sites for hydroxylation is 1. The molecule has 2 nitrogen and oxygen atoms in total. The second-order valence-electron chi connectivity index (χ2n) is 8.40. The summed E-state index contributed by atoms with van der Waals surface area (Å²) in [6.07, 6.45) is 0. The van der Waals surface area contributed by atoms with Gasteiger partial charge in [-0.1, -0.05) is 66.2 Å². The van der Waals surface area contributed by atoms with E-state index in [0.717, 1.165) is 17.1 Å². The lowest BCUT2D eigenvalue weighted by Gasteiger charge is -2.25. The van der Waals surface area contributed by atoms with Crippen LogP contribution in [0.3, 0.4) is 0 Å². The van der Waals surface area contributed by atoms with Crippen molar-refractivity contribution < 1.29 is 0 Å². The molecule has 1 aromatic heterocycles. The monoisotopic (exact) mass is 424 g/mol. The van der Waals surface area contributed by atoms with Crippen molar-refractivity contribution in [1.29, 1.82) is 0 Å². The van der Waals surface area contributed by atoms with Gasteiger partial charge in [0.15, 0.2) is 0 Å². The van der Waals surface area contributed by atoms with Gasteiger partial charge in [-0.3, -0.25) is 0 Å². The van der Waals surface area contributed by atoms with Crippen LogP contribution in [0.4, 0.5) is 17.1 Å². The van der Waals surface area contributed by atoms with E-state index in [1.807, 2.05) is 0 Å². The van der Waals surface area contributed by atoms with E-state index in [4.69, 9.17) is 0 Å². The Labute approximate surface area is 194 Å². The van der Waals surface area contributed by atoms with Crippen molar-refractivity contribution in [2.24, 2.45) is 0 Å². The fraction of sp³-hybridized carbons (Fsp3) is 0.0323. The molecule has 0 radical (unpaired) electrons. The van der Waals surface area contributed by atoms with Crippen LogP contribution in [0.2, 0.25) is 0 Å². The zero-order valence-corrected chi connectivity index (χ0v) is 18.5. The quantitative estimate of drug-likeness (QED) is 0.275. The van der Waals surface area contributed by atoms with E-state index in [9.17, 15) is 0 Å². The van der Waals surface area contributed by atoms with Gasteiger partial charge in [-0.2, -0.15) is 0 Å². The number of aromatic nitrogens is 1. The molecule has 0 saturated carbocycles. The summed E-state index contributed by atoms with van der Waals surface area (Å²) in [7, 11) is 0. The Morgan fingerprint density at radius 3 is 1.61 bits per heavy atom. The lowest BCUT2D eigenvalue weighted by Crippen LogP contribution is -2.09. The second-order valence-corrected chi connectivity index (χ2v) is 8.40. The van der Waals surface area contributed by atoms with Crippen molar-refractivity contribution in [3.8, 4) is 5.69 Å². The van der Waals surface area contributed by atoms with Gasteiger partial charge >= 0.3 is 0 Å². The van der Waals surface area contributed by atoms with E-state index in [1.54, 1.807) is 0 Å². The molecule has 0 fully saturated rings. The van der Waals surface area contributed by atoms with Crippen LogP contribution in [0.25, 0.3) is 27.5 Å². The summed E-state index contributed by atoms with van der Waals surface area (Å²) in [5.41, 5.74) is 8.32. The van der Waals surface area contributed by atoms with E-state index in [-0.39, 0.29) is 0 Å². The number of benzene rings is 5. The van der Waals surface area contributed by atoms with E-state index >= 15 is 0 Å². The first kappa shape index (κ1) is 19.4. The van der Waals surface area contributed by atoms with Crippen LogP contribution < -0.4 is 4.90 Å². The minimum Gasteiger partial charge on any atom is -0.310 e. The fourth-order valence-corrected chi connectivity index (χ4v) is 4.72. The molecule has 0 aliphatic rings. The van der Waals surface area contributed by atoms with Crippen LogP contribution in [0.1, 0.15) is 5.56 Å². The molecule has 0 spiro atoms. The smallest absolute Gasteiger partial charge is 0.0542 e. The van der Waals surface area contributed by atoms with Crippen LogP contribution in [-0.2, 0) is 0 Å². The van der Waals surface area contributed by atoms with E-state index < -0.39 is 0 Å². The molecule has 6 rings (SSSR count). The Morgan fingerprint density at radius 2 is 1.00 bits per heavy atom. The highest BCUT2D eigenvalue weighted by atomic mass is 15.1. The molecule has 6 aromatic rings. The summed E-state index contributed by atoms with van der Waals surface area (Å²) in [6.45, 7) is 2.16. The van der Waals surface area contributed by atoms with Crippen LogP contribution in [0, 0.1) is 6.92 Å². The summed E-state index contributed by atoms with van der Waals surface area (Å²) >= 11 is 0. The Kier molecular flexibility index (Phi) is 4.70. The molecule has 0 N–H and O–H groups in total. The molecular formula is C31H24N2. The summed E-state index contributed by atoms with van der Waals surface area (Å²) in [4.78, 5) is 2.32. The summed E-state index contributed by atoms with van der Waals surface area (Å²) in [5.74, 6) is 0. The zero-order chi connectivity index (χ0) is 22.2. The minimum atomic E-state index is 1.14. The average Bonchev–Trinajstić information content (AvgIpc) is 3.19. The number of nitrogens with zero attached hydrogens (tertiary/aromatic N) is 2. The van der Waals surface area contributed by atoms with Crippen molar-refractivity contribution in [2.75, 3.05) is 4.90 Å². The topological polar surface area (TPSA) is 8.17 Å². The van der Waals surface area contributed by atoms with Gasteiger partial charge in [-0.15, -0.1) is 0 Å². The highest BCUT2D eigenvalue weighted by Gasteiger charge is 2.17. The molecular weight excluding hydrogens is 400 g/mol. The van der Waals surface area contributed by atoms with E-state index in [1.165, 1.54) is 33.1 Å². The maximum atomic E-state index is 2.36. The molecule has 0 atom stereocenters. The van der Waals surface area contributed by atoms with Crippen molar-refractivity contribution in [3.05, 3.63) is 133 Å². The average molecular weight is 425 g/mol. The lowest BCUT2D eigenvalue weighted by molar-refractivity contribution is 1.18. The van der Waals surface area contributed by atoms with Gasteiger partial charge in [-0.25, -0.2) is 0 Å². The van der Waals surface area contributed by atoms with Crippen molar-refractivity contribution in [2.45, 2.75) is 6.92 Å². The summed E-state index contributed by atoms with van der Waals surface area (Å²) in [5, 5.41) is 2.53. The highest BCUT2D eigenvalue weighted by molar-refractivity contribution is 6.11. The van der Waals surface area contributed by atoms with Crippen LogP contribution in [0.5, 0.6) is 0 Å². The van der Waals surface area contributed by atoms with Crippen molar-refractivity contribution in [3.63, 3.8) is 0 Å². The summed E-state index contributed by atoms with van der Waals surface area (Å²) in [6, 6.07) is 45.3. The van der Waals surface area contributed by atoms with E-state index in [0.29, 0.717) is 0 Å². The van der Waals surface area contributed by atoms with Gasteiger partial charge in [-0.05, 0) is 73.7 Å². The largest absolute Gasteiger partial charge is 0.310 e. The van der Waals surface area contributed by atoms with Crippen LogP contribution in [-0.4, -0.2) is 4.57 Å². The third-order valence-corrected chi connectivity index (χ3v) is 6.21. The van der Waals surface area contributed by atoms with Crippen molar-refractivity contribution in [1.82, 2.24) is 4.57 Å². The van der Waals surface area contributed by atoms with Gasteiger partial charge in [0.2, 0.25) is 0 Å². The first-order chi connectivity index (χ1) is 16.3. The maximum absolute atomic E-state index is 2.36. The molecule has 158 valence electrons. The van der Waals surface area contributed by atoms with Gasteiger partial charge in [0.25, 0.3) is 0 Å². The van der Waals surface area contributed by atoms with Crippen molar-refractivity contribution >= 4 is 38.9 Å². The number of rotatable bonds is 4. The Morgan fingerprint density at radius 1 is 0.485 bits per heavy atom. The molecule has 0 unspecified atom stereocenters. The normalized spacial score (nSPS) is 11.2. The maximum Gasteiger partial charge on any atom is 0.0542 e. The lowest BCUT2D eigenvalue weighted by atomic mass is 10.1.